The summed E-state index contributed by atoms with van der Waals surface area (Å²) < 4.78 is 0. The zero-order valence-electron chi connectivity index (χ0n) is 8.23. The fraction of sp³-hybridized carbons (Fsp3) is 0.400. The predicted molar refractivity (Wildman–Crippen MR) is 68.1 cm³/mol. The summed E-state index contributed by atoms with van der Waals surface area (Å²) in [6.07, 6.45) is 1.06. The van der Waals surface area contributed by atoms with E-state index in [1.807, 2.05) is 18.2 Å². The molecule has 4 heteroatoms. The standard InChI is InChI=1S/C10H13Cl3Si/c1-3-8(2)9-6-4-5-7-10(9)14(11,12)13/h4-8H,3H2,1-2H3. The van der Waals surface area contributed by atoms with E-state index >= 15 is 0 Å². The van der Waals surface area contributed by atoms with Gasteiger partial charge in [-0.2, -0.15) is 0 Å². The van der Waals surface area contributed by atoms with Crippen LogP contribution in [-0.4, -0.2) is 6.00 Å². The van der Waals surface area contributed by atoms with Crippen molar-refractivity contribution in [3.8, 4) is 0 Å². The van der Waals surface area contributed by atoms with E-state index in [-0.39, 0.29) is 0 Å². The molecule has 1 atom stereocenters. The van der Waals surface area contributed by atoms with Crippen molar-refractivity contribution < 1.29 is 0 Å². The molecule has 78 valence electrons. The number of benzene rings is 1. The molecule has 14 heavy (non-hydrogen) atoms. The van der Waals surface area contributed by atoms with Gasteiger partial charge in [-0.3, -0.25) is 0 Å². The topological polar surface area (TPSA) is 0 Å². The second-order valence-corrected chi connectivity index (χ2v) is 11.8. The third kappa shape index (κ3) is 2.90. The highest BCUT2D eigenvalue weighted by Crippen LogP contribution is 2.25. The van der Waals surface area contributed by atoms with E-state index in [0.29, 0.717) is 5.92 Å². The van der Waals surface area contributed by atoms with E-state index in [4.69, 9.17) is 33.2 Å². The van der Waals surface area contributed by atoms with Gasteiger partial charge in [0.05, 0.1) is 0 Å². The van der Waals surface area contributed by atoms with Gasteiger partial charge in [0.1, 0.15) is 0 Å². The van der Waals surface area contributed by atoms with Crippen LogP contribution in [0.4, 0.5) is 0 Å². The first-order valence-corrected chi connectivity index (χ1v) is 9.66. The molecule has 0 nitrogen and oxygen atoms in total. The Hall–Kier alpha value is 0.307. The molecule has 1 aromatic carbocycles. The molecule has 0 N–H and O–H groups in total. The lowest BCUT2D eigenvalue weighted by Gasteiger charge is -2.18. The maximum atomic E-state index is 6.03. The van der Waals surface area contributed by atoms with Crippen LogP contribution in [0.3, 0.4) is 0 Å². The number of rotatable bonds is 3. The second kappa shape index (κ2) is 4.89. The van der Waals surface area contributed by atoms with Gasteiger partial charge in [0.2, 0.25) is 0 Å². The summed E-state index contributed by atoms with van der Waals surface area (Å²) in [5, 5.41) is 0.930. The van der Waals surface area contributed by atoms with E-state index in [1.165, 1.54) is 5.56 Å². The largest absolute Gasteiger partial charge is 0.373 e. The molecule has 0 aromatic heterocycles. The van der Waals surface area contributed by atoms with E-state index in [9.17, 15) is 0 Å². The maximum Gasteiger partial charge on any atom is 0.373 e. The van der Waals surface area contributed by atoms with E-state index in [2.05, 4.69) is 19.9 Å². The molecule has 0 fully saturated rings. The Morgan fingerprint density at radius 3 is 2.29 bits per heavy atom. The summed E-state index contributed by atoms with van der Waals surface area (Å²) in [6.45, 7) is 4.30. The molecule has 1 rings (SSSR count). The SMILES string of the molecule is CCC(C)c1ccccc1[Si](Cl)(Cl)Cl. The first-order chi connectivity index (χ1) is 6.46. The van der Waals surface area contributed by atoms with Crippen LogP contribution >= 0.6 is 33.2 Å². The Morgan fingerprint density at radius 2 is 1.79 bits per heavy atom. The van der Waals surface area contributed by atoms with Crippen LogP contribution in [0.1, 0.15) is 31.7 Å². The van der Waals surface area contributed by atoms with Crippen LogP contribution < -0.4 is 5.19 Å². The van der Waals surface area contributed by atoms with Gasteiger partial charge in [0, 0.05) is 0 Å². The van der Waals surface area contributed by atoms with Gasteiger partial charge in [-0.25, -0.2) is 0 Å². The molecule has 0 bridgehead atoms. The van der Waals surface area contributed by atoms with Crippen LogP contribution in [0.2, 0.25) is 0 Å². The summed E-state index contributed by atoms with van der Waals surface area (Å²) in [7, 11) is 0. The molecule has 0 amide bonds. The molecular formula is C10H13Cl3Si. The number of hydrogen-bond donors (Lipinski definition) is 0. The molecule has 0 heterocycles. The zero-order chi connectivity index (χ0) is 10.8. The maximum absolute atomic E-state index is 6.03. The van der Waals surface area contributed by atoms with E-state index in [1.54, 1.807) is 0 Å². The number of hydrogen-bond acceptors (Lipinski definition) is 0. The molecular weight excluding hydrogens is 255 g/mol. The monoisotopic (exact) mass is 266 g/mol. The first-order valence-electron chi connectivity index (χ1n) is 4.63. The Balaban J connectivity index is 3.16. The molecule has 0 aliphatic rings. The lowest BCUT2D eigenvalue weighted by Crippen LogP contribution is -2.33. The van der Waals surface area contributed by atoms with Crippen molar-refractivity contribution in [2.24, 2.45) is 0 Å². The highest BCUT2D eigenvalue weighted by molar-refractivity contribution is 7.69. The van der Waals surface area contributed by atoms with Crippen molar-refractivity contribution in [2.45, 2.75) is 26.2 Å². The average molecular weight is 268 g/mol. The first kappa shape index (κ1) is 12.4. The van der Waals surface area contributed by atoms with Crippen LogP contribution in [0.25, 0.3) is 0 Å². The van der Waals surface area contributed by atoms with Gasteiger partial charge in [-0.1, -0.05) is 38.1 Å². The molecule has 0 aliphatic heterocycles. The Kier molecular flexibility index (Phi) is 4.32. The summed E-state index contributed by atoms with van der Waals surface area (Å²) in [5.41, 5.74) is 1.18. The van der Waals surface area contributed by atoms with Gasteiger partial charge < -0.3 is 0 Å². The third-order valence-electron chi connectivity index (χ3n) is 2.41. The van der Waals surface area contributed by atoms with Crippen molar-refractivity contribution in [1.82, 2.24) is 0 Å². The summed E-state index contributed by atoms with van der Waals surface area (Å²) in [4.78, 5) is 0. The van der Waals surface area contributed by atoms with Crippen molar-refractivity contribution in [3.63, 3.8) is 0 Å². The van der Waals surface area contributed by atoms with Gasteiger partial charge in [-0.15, -0.1) is 33.2 Å². The van der Waals surface area contributed by atoms with Crippen LogP contribution in [0.5, 0.6) is 0 Å². The van der Waals surface area contributed by atoms with Crippen LogP contribution in [0.15, 0.2) is 24.3 Å². The zero-order valence-corrected chi connectivity index (χ0v) is 11.5. The Bertz CT molecular complexity index is 306. The number of halogens is 3. The fourth-order valence-corrected chi connectivity index (χ4v) is 3.90. The van der Waals surface area contributed by atoms with Crippen molar-refractivity contribution >= 4 is 44.4 Å². The minimum absolute atomic E-state index is 0.453. The van der Waals surface area contributed by atoms with Crippen molar-refractivity contribution in [3.05, 3.63) is 29.8 Å². The van der Waals surface area contributed by atoms with E-state index in [0.717, 1.165) is 11.6 Å². The van der Waals surface area contributed by atoms with Crippen molar-refractivity contribution in [2.75, 3.05) is 0 Å². The minimum Gasteiger partial charge on any atom is -0.121 e. The normalized spacial score (nSPS) is 14.1. The Morgan fingerprint density at radius 1 is 1.21 bits per heavy atom. The molecule has 0 spiro atoms. The molecule has 0 saturated heterocycles. The highest BCUT2D eigenvalue weighted by atomic mass is 35.8. The van der Waals surface area contributed by atoms with Gasteiger partial charge in [-0.05, 0) is 23.1 Å². The smallest absolute Gasteiger partial charge is 0.121 e. The van der Waals surface area contributed by atoms with E-state index < -0.39 is 6.00 Å². The summed E-state index contributed by atoms with van der Waals surface area (Å²) >= 11 is 18.1. The van der Waals surface area contributed by atoms with Crippen LogP contribution in [0, 0.1) is 0 Å². The van der Waals surface area contributed by atoms with Gasteiger partial charge >= 0.3 is 6.00 Å². The molecule has 0 saturated carbocycles. The molecule has 0 aliphatic carbocycles. The highest BCUT2D eigenvalue weighted by Gasteiger charge is 2.31. The summed E-state index contributed by atoms with van der Waals surface area (Å²) in [6, 6.07) is 5.17. The van der Waals surface area contributed by atoms with Crippen molar-refractivity contribution in [1.29, 1.82) is 0 Å². The van der Waals surface area contributed by atoms with Gasteiger partial charge in [0.25, 0.3) is 0 Å². The summed E-state index contributed by atoms with van der Waals surface area (Å²) in [5.74, 6) is 0.453. The van der Waals surface area contributed by atoms with Gasteiger partial charge in [0.15, 0.2) is 0 Å². The Labute approximate surface area is 100 Å². The molecule has 1 aromatic rings. The minimum atomic E-state index is -2.74. The predicted octanol–water partition coefficient (Wildman–Crippen LogP) is 4.06. The third-order valence-corrected chi connectivity index (χ3v) is 5.31. The molecule has 0 radical (unpaired) electrons. The molecule has 1 unspecified atom stereocenters. The lowest BCUT2D eigenvalue weighted by atomic mass is 9.99. The quantitative estimate of drug-likeness (QED) is 0.572. The second-order valence-electron chi connectivity index (χ2n) is 3.39. The lowest BCUT2D eigenvalue weighted by molar-refractivity contribution is 0.737. The average Bonchev–Trinajstić information content (AvgIpc) is 2.15. The fourth-order valence-electron chi connectivity index (χ4n) is 1.40. The van der Waals surface area contributed by atoms with Crippen LogP contribution in [-0.2, 0) is 0 Å².